The maximum absolute atomic E-state index is 6.27. The molecule has 38 heavy (non-hydrogen) atoms. The normalized spacial score (nSPS) is 14.3. The van der Waals surface area contributed by atoms with Gasteiger partial charge in [-0.3, -0.25) is 0 Å². The van der Waals surface area contributed by atoms with Gasteiger partial charge in [-0.25, -0.2) is 0 Å². The molecule has 1 nitrogen and oxygen atoms in total. The smallest absolute Gasteiger partial charge is 0.135 e. The number of furan rings is 1. The summed E-state index contributed by atoms with van der Waals surface area (Å²) in [4.78, 5) is 0. The van der Waals surface area contributed by atoms with Gasteiger partial charge in [0.2, 0.25) is 0 Å². The van der Waals surface area contributed by atoms with Crippen LogP contribution < -0.4 is 0 Å². The Kier molecular flexibility index (Phi) is 3.67. The number of benzene rings is 7. The van der Waals surface area contributed by atoms with Crippen LogP contribution in [0, 0.1) is 0 Å². The molecule has 0 saturated heterocycles. The van der Waals surface area contributed by atoms with Crippen LogP contribution >= 0.6 is 0 Å². The molecule has 8 aromatic rings. The predicted octanol–water partition coefficient (Wildman–Crippen LogP) is 10.5. The Hall–Kier alpha value is -4.62. The molecule has 0 bridgehead atoms. The van der Waals surface area contributed by atoms with Gasteiger partial charge in [0, 0.05) is 16.2 Å². The Balaban J connectivity index is 1.29. The summed E-state index contributed by atoms with van der Waals surface area (Å²) in [5.74, 6) is 0. The second kappa shape index (κ2) is 6.82. The second-order valence-corrected chi connectivity index (χ2v) is 11.3. The monoisotopic (exact) mass is 484 g/mol. The Morgan fingerprint density at radius 1 is 0.474 bits per heavy atom. The van der Waals surface area contributed by atoms with Crippen LogP contribution in [-0.4, -0.2) is 0 Å². The zero-order chi connectivity index (χ0) is 25.2. The lowest BCUT2D eigenvalue weighted by molar-refractivity contribution is 0.647. The molecular weight excluding hydrogens is 460 g/mol. The molecule has 0 radical (unpaired) electrons. The van der Waals surface area contributed by atoms with E-state index in [1.54, 1.807) is 0 Å². The predicted molar refractivity (Wildman–Crippen MR) is 160 cm³/mol. The largest absolute Gasteiger partial charge is 0.456 e. The van der Waals surface area contributed by atoms with Gasteiger partial charge in [0.15, 0.2) is 0 Å². The zero-order valence-electron chi connectivity index (χ0n) is 21.3. The molecule has 0 fully saturated rings. The molecule has 1 heterocycles. The lowest BCUT2D eigenvalue weighted by atomic mass is 9.81. The molecule has 1 aliphatic carbocycles. The molecule has 0 N–H and O–H groups in total. The molecule has 1 heteroatoms. The SMILES string of the molecule is CC1(C)c2cc(-c3ccc4ccc5cccc6ccc3c4c56)ccc2-c2cc3c(cc21)oc1ccccc13. The first-order valence-electron chi connectivity index (χ1n) is 13.4. The summed E-state index contributed by atoms with van der Waals surface area (Å²) in [7, 11) is 0. The van der Waals surface area contributed by atoms with E-state index in [2.05, 4.69) is 117 Å². The first kappa shape index (κ1) is 20.4. The Labute approximate surface area is 220 Å². The van der Waals surface area contributed by atoms with Crippen molar-refractivity contribution in [3.63, 3.8) is 0 Å². The van der Waals surface area contributed by atoms with Crippen molar-refractivity contribution in [1.82, 2.24) is 0 Å². The maximum Gasteiger partial charge on any atom is 0.135 e. The van der Waals surface area contributed by atoms with Gasteiger partial charge in [0.25, 0.3) is 0 Å². The summed E-state index contributed by atoms with van der Waals surface area (Å²) < 4.78 is 6.27. The second-order valence-electron chi connectivity index (χ2n) is 11.3. The van der Waals surface area contributed by atoms with Gasteiger partial charge >= 0.3 is 0 Å². The minimum absolute atomic E-state index is 0.113. The van der Waals surface area contributed by atoms with Gasteiger partial charge in [-0.05, 0) is 90.0 Å². The molecule has 0 amide bonds. The number of para-hydroxylation sites is 1. The summed E-state index contributed by atoms with van der Waals surface area (Å²) in [5.41, 5.74) is 9.76. The number of hydrogen-bond donors (Lipinski definition) is 0. The van der Waals surface area contributed by atoms with Gasteiger partial charge in [-0.1, -0.05) is 98.8 Å². The average Bonchev–Trinajstić information content (AvgIpc) is 3.42. The van der Waals surface area contributed by atoms with Crippen LogP contribution in [0.2, 0.25) is 0 Å². The van der Waals surface area contributed by atoms with Crippen LogP contribution in [0.25, 0.3) is 76.5 Å². The fraction of sp³-hybridized carbons (Fsp3) is 0.0811. The highest BCUT2D eigenvalue weighted by Gasteiger charge is 2.36. The molecule has 0 unspecified atom stereocenters. The average molecular weight is 485 g/mol. The number of fused-ring (bicyclic) bond motifs is 6. The Morgan fingerprint density at radius 3 is 2.05 bits per heavy atom. The van der Waals surface area contributed by atoms with Crippen molar-refractivity contribution in [3.8, 4) is 22.3 Å². The van der Waals surface area contributed by atoms with Crippen molar-refractivity contribution in [2.24, 2.45) is 0 Å². The highest BCUT2D eigenvalue weighted by atomic mass is 16.3. The zero-order valence-corrected chi connectivity index (χ0v) is 21.3. The van der Waals surface area contributed by atoms with E-state index in [4.69, 9.17) is 4.42 Å². The molecule has 0 atom stereocenters. The fourth-order valence-corrected chi connectivity index (χ4v) is 7.11. The highest BCUT2D eigenvalue weighted by molar-refractivity contribution is 6.25. The quantitative estimate of drug-likeness (QED) is 0.211. The van der Waals surface area contributed by atoms with E-state index >= 15 is 0 Å². The van der Waals surface area contributed by atoms with Crippen LogP contribution in [0.1, 0.15) is 25.0 Å². The Bertz CT molecular complexity index is 2240. The molecule has 0 aliphatic heterocycles. The standard InChI is InChI=1S/C37H24O/c1-37(2)31-18-24(25-15-12-23-11-10-21-6-5-7-22-13-17-28(25)36(23)35(21)22)14-16-26(31)29-19-30-27-8-3-4-9-33(27)38-34(30)20-32(29)37/h3-20H,1-2H3. The van der Waals surface area contributed by atoms with Crippen molar-refractivity contribution in [2.45, 2.75) is 19.3 Å². The van der Waals surface area contributed by atoms with Crippen LogP contribution in [0.5, 0.6) is 0 Å². The van der Waals surface area contributed by atoms with Crippen LogP contribution in [-0.2, 0) is 5.41 Å². The van der Waals surface area contributed by atoms with Crippen LogP contribution in [0.15, 0.2) is 114 Å². The third kappa shape index (κ3) is 2.47. The molecule has 0 saturated carbocycles. The minimum Gasteiger partial charge on any atom is -0.456 e. The minimum atomic E-state index is -0.113. The van der Waals surface area contributed by atoms with E-state index in [1.807, 2.05) is 6.07 Å². The highest BCUT2D eigenvalue weighted by Crippen LogP contribution is 2.52. The summed E-state index contributed by atoms with van der Waals surface area (Å²) in [6.45, 7) is 4.69. The maximum atomic E-state index is 6.27. The molecule has 178 valence electrons. The molecule has 0 spiro atoms. The molecular formula is C37H24O. The van der Waals surface area contributed by atoms with Crippen molar-refractivity contribution >= 4 is 54.3 Å². The number of rotatable bonds is 1. The van der Waals surface area contributed by atoms with E-state index in [9.17, 15) is 0 Å². The third-order valence-electron chi connectivity index (χ3n) is 9.01. The number of hydrogen-bond acceptors (Lipinski definition) is 1. The van der Waals surface area contributed by atoms with Crippen molar-refractivity contribution in [3.05, 3.63) is 120 Å². The van der Waals surface area contributed by atoms with E-state index in [0.717, 1.165) is 11.2 Å². The third-order valence-corrected chi connectivity index (χ3v) is 9.01. The first-order chi connectivity index (χ1) is 18.6. The van der Waals surface area contributed by atoms with Gasteiger partial charge in [0.1, 0.15) is 11.2 Å². The summed E-state index contributed by atoms with van der Waals surface area (Å²) in [5, 5.41) is 10.4. The molecule has 9 rings (SSSR count). The van der Waals surface area contributed by atoms with E-state index < -0.39 is 0 Å². The molecule has 1 aliphatic rings. The van der Waals surface area contributed by atoms with E-state index in [-0.39, 0.29) is 5.41 Å². The summed E-state index contributed by atoms with van der Waals surface area (Å²) >= 11 is 0. The van der Waals surface area contributed by atoms with Crippen LogP contribution in [0.3, 0.4) is 0 Å². The van der Waals surface area contributed by atoms with Gasteiger partial charge in [-0.2, -0.15) is 0 Å². The van der Waals surface area contributed by atoms with E-state index in [0.29, 0.717) is 0 Å². The first-order valence-corrected chi connectivity index (χ1v) is 13.4. The summed E-state index contributed by atoms with van der Waals surface area (Å²) in [6, 6.07) is 40.3. The van der Waals surface area contributed by atoms with E-state index in [1.165, 1.54) is 76.5 Å². The summed E-state index contributed by atoms with van der Waals surface area (Å²) in [6.07, 6.45) is 0. The van der Waals surface area contributed by atoms with Crippen molar-refractivity contribution < 1.29 is 4.42 Å². The van der Waals surface area contributed by atoms with Gasteiger partial charge in [-0.15, -0.1) is 0 Å². The lowest BCUT2D eigenvalue weighted by Gasteiger charge is -2.22. The Morgan fingerprint density at radius 2 is 1.18 bits per heavy atom. The fourth-order valence-electron chi connectivity index (χ4n) is 7.11. The van der Waals surface area contributed by atoms with Crippen LogP contribution in [0.4, 0.5) is 0 Å². The topological polar surface area (TPSA) is 13.1 Å². The molecule has 7 aromatic carbocycles. The van der Waals surface area contributed by atoms with Gasteiger partial charge < -0.3 is 4.42 Å². The lowest BCUT2D eigenvalue weighted by Crippen LogP contribution is -2.15. The van der Waals surface area contributed by atoms with Crippen molar-refractivity contribution in [1.29, 1.82) is 0 Å². The van der Waals surface area contributed by atoms with Crippen molar-refractivity contribution in [2.75, 3.05) is 0 Å². The van der Waals surface area contributed by atoms with Gasteiger partial charge in [0.05, 0.1) is 0 Å². The molecule has 1 aromatic heterocycles.